The molecule has 1 aromatic rings. The second-order valence-electron chi connectivity index (χ2n) is 4.67. The zero-order valence-corrected chi connectivity index (χ0v) is 10.2. The largest absolute Gasteiger partial charge is 0.364 e. The minimum Gasteiger partial charge on any atom is -0.364 e. The van der Waals surface area contributed by atoms with Crippen LogP contribution in [0, 0.1) is 15.5 Å². The van der Waals surface area contributed by atoms with Gasteiger partial charge in [0.15, 0.2) is 0 Å². The van der Waals surface area contributed by atoms with Crippen molar-refractivity contribution in [3.63, 3.8) is 0 Å². The first-order valence-electron chi connectivity index (χ1n) is 4.84. The molecule has 0 bridgehead atoms. The topological polar surface area (TPSA) is 68.1 Å². The van der Waals surface area contributed by atoms with Crippen molar-refractivity contribution in [2.24, 2.45) is 5.41 Å². The molecule has 16 heavy (non-hydrogen) atoms. The van der Waals surface area contributed by atoms with Crippen LogP contribution in [-0.4, -0.2) is 16.5 Å². The van der Waals surface area contributed by atoms with E-state index in [4.69, 9.17) is 11.6 Å². The van der Waals surface area contributed by atoms with E-state index in [-0.39, 0.29) is 22.1 Å². The van der Waals surface area contributed by atoms with Crippen molar-refractivity contribution in [3.8, 4) is 0 Å². The molecule has 0 atom stereocenters. The van der Waals surface area contributed by atoms with E-state index in [1.165, 1.54) is 12.1 Å². The van der Waals surface area contributed by atoms with Gasteiger partial charge in [0.1, 0.15) is 5.15 Å². The Hall–Kier alpha value is -1.36. The molecule has 0 amide bonds. The van der Waals surface area contributed by atoms with Gasteiger partial charge in [-0.15, -0.1) is 0 Å². The Bertz CT molecular complexity index is 402. The quantitative estimate of drug-likeness (QED) is 0.503. The fourth-order valence-corrected chi connectivity index (χ4v) is 1.20. The van der Waals surface area contributed by atoms with E-state index in [0.29, 0.717) is 6.54 Å². The lowest BCUT2D eigenvalue weighted by molar-refractivity contribution is -0.384. The van der Waals surface area contributed by atoms with Crippen LogP contribution in [0.25, 0.3) is 0 Å². The number of halogens is 1. The van der Waals surface area contributed by atoms with Gasteiger partial charge in [-0.25, -0.2) is 4.98 Å². The SMILES string of the molecule is CC(C)(C)CNc1nc(Cl)ccc1[N+](=O)[O-]. The summed E-state index contributed by atoms with van der Waals surface area (Å²) < 4.78 is 0. The van der Waals surface area contributed by atoms with Gasteiger partial charge in [-0.2, -0.15) is 0 Å². The van der Waals surface area contributed by atoms with Crippen LogP contribution in [-0.2, 0) is 0 Å². The molecule has 0 aliphatic carbocycles. The summed E-state index contributed by atoms with van der Waals surface area (Å²) in [7, 11) is 0. The molecular formula is C10H14ClN3O2. The number of hydrogen-bond acceptors (Lipinski definition) is 4. The molecule has 0 fully saturated rings. The number of nitrogens with one attached hydrogen (secondary N) is 1. The first kappa shape index (κ1) is 12.7. The molecule has 5 nitrogen and oxygen atoms in total. The molecule has 0 aliphatic rings. The molecule has 1 aromatic heterocycles. The number of nitrogens with zero attached hydrogens (tertiary/aromatic N) is 2. The summed E-state index contributed by atoms with van der Waals surface area (Å²) in [6.07, 6.45) is 0. The van der Waals surface area contributed by atoms with E-state index in [1.54, 1.807) is 0 Å². The molecule has 1 heterocycles. The molecule has 0 saturated carbocycles. The van der Waals surface area contributed by atoms with Gasteiger partial charge in [-0.3, -0.25) is 10.1 Å². The molecule has 0 spiro atoms. The predicted octanol–water partition coefficient (Wildman–Crippen LogP) is 3.10. The third kappa shape index (κ3) is 3.66. The number of aromatic nitrogens is 1. The van der Waals surface area contributed by atoms with Crippen molar-refractivity contribution in [2.45, 2.75) is 20.8 Å². The lowest BCUT2D eigenvalue weighted by atomic mass is 9.97. The van der Waals surface area contributed by atoms with Gasteiger partial charge in [-0.05, 0) is 11.5 Å². The van der Waals surface area contributed by atoms with Gasteiger partial charge in [0.25, 0.3) is 0 Å². The highest BCUT2D eigenvalue weighted by molar-refractivity contribution is 6.29. The van der Waals surface area contributed by atoms with E-state index < -0.39 is 4.92 Å². The number of anilines is 1. The van der Waals surface area contributed by atoms with E-state index in [0.717, 1.165) is 0 Å². The second-order valence-corrected chi connectivity index (χ2v) is 5.06. The maximum atomic E-state index is 10.7. The highest BCUT2D eigenvalue weighted by Crippen LogP contribution is 2.25. The number of pyridine rings is 1. The summed E-state index contributed by atoms with van der Waals surface area (Å²) in [6, 6.07) is 2.75. The molecule has 0 unspecified atom stereocenters. The Morgan fingerprint density at radius 2 is 2.12 bits per heavy atom. The molecule has 0 aromatic carbocycles. The summed E-state index contributed by atoms with van der Waals surface area (Å²) >= 11 is 5.70. The lowest BCUT2D eigenvalue weighted by Gasteiger charge is -2.18. The van der Waals surface area contributed by atoms with Gasteiger partial charge in [0.2, 0.25) is 5.82 Å². The van der Waals surface area contributed by atoms with Crippen LogP contribution in [0.2, 0.25) is 5.15 Å². The maximum absolute atomic E-state index is 10.7. The van der Waals surface area contributed by atoms with Crippen molar-refractivity contribution in [1.82, 2.24) is 4.98 Å². The van der Waals surface area contributed by atoms with Crippen LogP contribution in [0.4, 0.5) is 11.5 Å². The molecule has 1 rings (SSSR count). The van der Waals surface area contributed by atoms with E-state index in [2.05, 4.69) is 10.3 Å². The molecular weight excluding hydrogens is 230 g/mol. The molecule has 0 radical (unpaired) electrons. The lowest BCUT2D eigenvalue weighted by Crippen LogP contribution is -2.20. The average Bonchev–Trinajstić information content (AvgIpc) is 2.13. The van der Waals surface area contributed by atoms with E-state index >= 15 is 0 Å². The van der Waals surface area contributed by atoms with Gasteiger partial charge in [-0.1, -0.05) is 32.4 Å². The second kappa shape index (κ2) is 4.65. The van der Waals surface area contributed by atoms with Crippen LogP contribution in [0.5, 0.6) is 0 Å². The van der Waals surface area contributed by atoms with Crippen LogP contribution >= 0.6 is 11.6 Å². The summed E-state index contributed by atoms with van der Waals surface area (Å²) in [5, 5.41) is 13.9. The van der Waals surface area contributed by atoms with Crippen molar-refractivity contribution in [1.29, 1.82) is 0 Å². The van der Waals surface area contributed by atoms with Crippen molar-refractivity contribution >= 4 is 23.1 Å². The van der Waals surface area contributed by atoms with E-state index in [1.807, 2.05) is 20.8 Å². The zero-order valence-electron chi connectivity index (χ0n) is 9.45. The van der Waals surface area contributed by atoms with Crippen molar-refractivity contribution in [3.05, 3.63) is 27.4 Å². The van der Waals surface area contributed by atoms with Crippen LogP contribution < -0.4 is 5.32 Å². The highest BCUT2D eigenvalue weighted by Gasteiger charge is 2.18. The Labute approximate surface area is 99.0 Å². The van der Waals surface area contributed by atoms with Crippen molar-refractivity contribution in [2.75, 3.05) is 11.9 Å². The monoisotopic (exact) mass is 243 g/mol. The maximum Gasteiger partial charge on any atom is 0.311 e. The summed E-state index contributed by atoms with van der Waals surface area (Å²) in [4.78, 5) is 14.2. The number of rotatable bonds is 3. The predicted molar refractivity (Wildman–Crippen MR) is 63.8 cm³/mol. The van der Waals surface area contributed by atoms with Crippen LogP contribution in [0.15, 0.2) is 12.1 Å². The Balaban J connectivity index is 2.93. The summed E-state index contributed by atoms with van der Waals surface area (Å²) in [6.45, 7) is 6.66. The third-order valence-electron chi connectivity index (χ3n) is 1.82. The fraction of sp³-hybridized carbons (Fsp3) is 0.500. The minimum absolute atomic E-state index is 0.0118. The first-order chi connectivity index (χ1) is 7.29. The van der Waals surface area contributed by atoms with Gasteiger partial charge in [0.05, 0.1) is 4.92 Å². The van der Waals surface area contributed by atoms with Gasteiger partial charge in [0, 0.05) is 12.6 Å². The first-order valence-corrected chi connectivity index (χ1v) is 5.22. The minimum atomic E-state index is -0.478. The van der Waals surface area contributed by atoms with Gasteiger partial charge >= 0.3 is 5.69 Å². The van der Waals surface area contributed by atoms with Crippen LogP contribution in [0.1, 0.15) is 20.8 Å². The Kier molecular flexibility index (Phi) is 3.70. The molecule has 0 saturated heterocycles. The normalized spacial score (nSPS) is 11.2. The van der Waals surface area contributed by atoms with Crippen molar-refractivity contribution < 1.29 is 4.92 Å². The fourth-order valence-electron chi connectivity index (χ4n) is 1.05. The molecule has 88 valence electrons. The van der Waals surface area contributed by atoms with Crippen LogP contribution in [0.3, 0.4) is 0 Å². The third-order valence-corrected chi connectivity index (χ3v) is 2.03. The molecule has 1 N–H and O–H groups in total. The summed E-state index contributed by atoms with van der Waals surface area (Å²) in [5.74, 6) is 0.215. The molecule has 0 aliphatic heterocycles. The summed E-state index contributed by atoms with van der Waals surface area (Å²) in [5.41, 5.74) is -0.0497. The van der Waals surface area contributed by atoms with Gasteiger partial charge < -0.3 is 5.32 Å². The molecule has 6 heteroatoms. The smallest absolute Gasteiger partial charge is 0.311 e. The number of nitro groups is 1. The average molecular weight is 244 g/mol. The Morgan fingerprint density at radius 3 is 2.62 bits per heavy atom. The Morgan fingerprint density at radius 1 is 1.50 bits per heavy atom. The standard InChI is InChI=1S/C10H14ClN3O2/c1-10(2,3)6-12-9-7(14(15)16)4-5-8(11)13-9/h4-5H,6H2,1-3H3,(H,12,13). The zero-order chi connectivity index (χ0) is 12.3. The number of hydrogen-bond donors (Lipinski definition) is 1. The highest BCUT2D eigenvalue weighted by atomic mass is 35.5. The van der Waals surface area contributed by atoms with E-state index in [9.17, 15) is 10.1 Å².